The number of hydrazine groups is 1. The van der Waals surface area contributed by atoms with E-state index >= 15 is 0 Å². The van der Waals surface area contributed by atoms with Gasteiger partial charge in [0.05, 0.1) is 40.1 Å². The first-order valence-corrected chi connectivity index (χ1v) is 12.2. The summed E-state index contributed by atoms with van der Waals surface area (Å²) >= 11 is 5.88. The third kappa shape index (κ3) is 3.45. The van der Waals surface area contributed by atoms with Gasteiger partial charge in [0.2, 0.25) is 5.89 Å². The van der Waals surface area contributed by atoms with E-state index in [-0.39, 0.29) is 11.4 Å². The van der Waals surface area contributed by atoms with Crippen molar-refractivity contribution >= 4 is 17.3 Å². The molecule has 3 aliphatic rings. The van der Waals surface area contributed by atoms with Crippen LogP contribution in [0.1, 0.15) is 43.1 Å². The monoisotopic (exact) mass is 495 g/mol. The van der Waals surface area contributed by atoms with Gasteiger partial charge in [0.25, 0.3) is 0 Å². The Labute approximate surface area is 206 Å². The van der Waals surface area contributed by atoms with Gasteiger partial charge in [-0.05, 0) is 54.9 Å². The smallest absolute Gasteiger partial charge is 0.246 e. The number of benzene rings is 1. The molecule has 0 bridgehead atoms. The second kappa shape index (κ2) is 8.16. The molecule has 1 fully saturated rings. The summed E-state index contributed by atoms with van der Waals surface area (Å²) in [6.45, 7) is 2.13. The topological polar surface area (TPSA) is 67.1 Å². The maximum atomic E-state index is 14.7. The van der Waals surface area contributed by atoms with Crippen molar-refractivity contribution in [1.29, 1.82) is 0 Å². The van der Waals surface area contributed by atoms with Crippen LogP contribution in [-0.2, 0) is 11.3 Å². The molecule has 0 spiro atoms. The van der Waals surface area contributed by atoms with Gasteiger partial charge in [0, 0.05) is 18.9 Å². The minimum Gasteiger partial charge on any atom is -0.443 e. The lowest BCUT2D eigenvalue weighted by molar-refractivity contribution is 0.281. The summed E-state index contributed by atoms with van der Waals surface area (Å²) in [6.07, 6.45) is 9.64. The Morgan fingerprint density at radius 2 is 2.03 bits per heavy atom. The molecule has 6 rings (SSSR count). The van der Waals surface area contributed by atoms with Gasteiger partial charge < -0.3 is 9.84 Å². The highest BCUT2D eigenvalue weighted by Crippen LogP contribution is 2.60. The van der Waals surface area contributed by atoms with Gasteiger partial charge in [-0.1, -0.05) is 13.0 Å². The van der Waals surface area contributed by atoms with Crippen LogP contribution >= 0.6 is 11.6 Å². The molecule has 1 unspecified atom stereocenters. The SMILES string of the molecule is CC[C@]1(c2cncc(-c3nc(CCl)co3)n2)CC2C[C@@H]2C2=C1NN(C)C(c1c(F)cccc1F)=C2. The largest absolute Gasteiger partial charge is 0.443 e. The molecule has 1 saturated carbocycles. The standard InChI is InChI=1S/C26H24ClF2N5O/c1-3-26(22-12-30-11-20(32-22)25-31-15(10-27)13-35-25)9-14-7-16(14)17-8-21(34(2)33-24(17)26)23-18(28)5-4-6-19(23)29/h4-6,8,11-14,16,33H,3,7,9-10H2,1-2H3/t14?,16-,26+/m0/s1. The first-order chi connectivity index (χ1) is 16.9. The Kier molecular flexibility index (Phi) is 5.18. The van der Waals surface area contributed by atoms with E-state index in [9.17, 15) is 8.78 Å². The summed E-state index contributed by atoms with van der Waals surface area (Å²) in [6, 6.07) is 3.95. The van der Waals surface area contributed by atoms with Gasteiger partial charge in [-0.2, -0.15) is 0 Å². The Balaban J connectivity index is 1.48. The van der Waals surface area contributed by atoms with Crippen LogP contribution in [-0.4, -0.2) is 27.0 Å². The lowest BCUT2D eigenvalue weighted by Gasteiger charge is -2.44. The van der Waals surface area contributed by atoms with Gasteiger partial charge in [0.15, 0.2) is 0 Å². The molecule has 1 aliphatic heterocycles. The third-order valence-electron chi connectivity index (χ3n) is 7.49. The predicted molar refractivity (Wildman–Crippen MR) is 128 cm³/mol. The van der Waals surface area contributed by atoms with Gasteiger partial charge in [-0.25, -0.2) is 18.7 Å². The number of nitrogens with one attached hydrogen (secondary N) is 1. The molecule has 180 valence electrons. The van der Waals surface area contributed by atoms with E-state index in [4.69, 9.17) is 21.0 Å². The highest BCUT2D eigenvalue weighted by molar-refractivity contribution is 6.16. The summed E-state index contributed by atoms with van der Waals surface area (Å²) in [5.74, 6) is 0.310. The maximum Gasteiger partial charge on any atom is 0.246 e. The highest BCUT2D eigenvalue weighted by Gasteiger charge is 2.55. The fraction of sp³-hybridized carbons (Fsp3) is 0.346. The highest BCUT2D eigenvalue weighted by atomic mass is 35.5. The average molecular weight is 496 g/mol. The van der Waals surface area contributed by atoms with Gasteiger partial charge in [-0.3, -0.25) is 9.99 Å². The van der Waals surface area contributed by atoms with Crippen molar-refractivity contribution in [3.8, 4) is 11.6 Å². The molecule has 3 aromatic rings. The zero-order valence-electron chi connectivity index (χ0n) is 19.4. The van der Waals surface area contributed by atoms with Crippen LogP contribution in [0.15, 0.2) is 58.6 Å². The fourth-order valence-electron chi connectivity index (χ4n) is 5.59. The zero-order chi connectivity index (χ0) is 24.3. The number of oxazole rings is 1. The number of aromatic nitrogens is 3. The number of halogens is 3. The molecule has 6 nitrogen and oxygen atoms in total. The summed E-state index contributed by atoms with van der Waals surface area (Å²) in [5.41, 5.74) is 7.60. The van der Waals surface area contributed by atoms with Crippen LogP contribution in [0.5, 0.6) is 0 Å². The van der Waals surface area contributed by atoms with E-state index in [0.29, 0.717) is 34.8 Å². The van der Waals surface area contributed by atoms with Crippen molar-refractivity contribution in [2.45, 2.75) is 37.5 Å². The maximum absolute atomic E-state index is 14.7. The van der Waals surface area contributed by atoms with Crippen molar-refractivity contribution < 1.29 is 13.2 Å². The van der Waals surface area contributed by atoms with E-state index in [0.717, 1.165) is 36.2 Å². The molecule has 3 heterocycles. The number of nitrogens with zero attached hydrogens (tertiary/aromatic N) is 4. The third-order valence-corrected chi connectivity index (χ3v) is 7.76. The molecule has 2 aliphatic carbocycles. The molecule has 1 aromatic carbocycles. The van der Waals surface area contributed by atoms with E-state index in [1.807, 2.05) is 6.08 Å². The van der Waals surface area contributed by atoms with Crippen LogP contribution in [0.3, 0.4) is 0 Å². The Bertz CT molecular complexity index is 1370. The van der Waals surface area contributed by atoms with E-state index < -0.39 is 17.0 Å². The van der Waals surface area contributed by atoms with Gasteiger partial charge in [-0.15, -0.1) is 11.6 Å². The Hall–Kier alpha value is -3.26. The normalized spacial score (nSPS) is 25.1. The molecular formula is C26H24ClF2N5O. The number of rotatable bonds is 5. The van der Waals surface area contributed by atoms with Crippen molar-refractivity contribution in [2.75, 3.05) is 7.05 Å². The molecule has 2 aromatic heterocycles. The number of allylic oxidation sites excluding steroid dienone is 3. The zero-order valence-corrected chi connectivity index (χ0v) is 20.1. The van der Waals surface area contributed by atoms with Crippen LogP contribution in [0, 0.1) is 23.5 Å². The molecule has 0 radical (unpaired) electrons. The summed E-state index contributed by atoms with van der Waals surface area (Å²) in [7, 11) is 1.78. The quantitative estimate of drug-likeness (QED) is 0.466. The van der Waals surface area contributed by atoms with Crippen molar-refractivity contribution in [2.24, 2.45) is 11.8 Å². The summed E-state index contributed by atoms with van der Waals surface area (Å²) < 4.78 is 34.9. The Morgan fingerprint density at radius 3 is 2.74 bits per heavy atom. The number of hydrogen-bond acceptors (Lipinski definition) is 6. The minimum absolute atomic E-state index is 0.0281. The molecule has 35 heavy (non-hydrogen) atoms. The predicted octanol–water partition coefficient (Wildman–Crippen LogP) is 5.58. The van der Waals surface area contributed by atoms with Crippen LogP contribution in [0.4, 0.5) is 8.78 Å². The Morgan fingerprint density at radius 1 is 1.23 bits per heavy atom. The molecule has 0 amide bonds. The van der Waals surface area contributed by atoms with Gasteiger partial charge >= 0.3 is 0 Å². The average Bonchev–Trinajstić information content (AvgIpc) is 3.48. The first-order valence-electron chi connectivity index (χ1n) is 11.7. The van der Waals surface area contributed by atoms with Crippen LogP contribution < -0.4 is 5.43 Å². The second-order valence-electron chi connectivity index (χ2n) is 9.44. The number of fused-ring (bicyclic) bond motifs is 2. The van der Waals surface area contributed by atoms with Crippen molar-refractivity contribution in [3.63, 3.8) is 0 Å². The molecule has 0 saturated heterocycles. The lowest BCUT2D eigenvalue weighted by atomic mass is 9.68. The van der Waals surface area contributed by atoms with Crippen molar-refractivity contribution in [1.82, 2.24) is 25.4 Å². The molecule has 9 heteroatoms. The number of hydrogen-bond donors (Lipinski definition) is 1. The number of alkyl halides is 1. The fourth-order valence-corrected chi connectivity index (χ4v) is 5.71. The minimum atomic E-state index is -0.584. The first kappa shape index (κ1) is 22.2. The summed E-state index contributed by atoms with van der Waals surface area (Å²) in [4.78, 5) is 13.8. The van der Waals surface area contributed by atoms with E-state index in [1.54, 1.807) is 24.5 Å². The van der Waals surface area contributed by atoms with E-state index in [1.165, 1.54) is 24.5 Å². The lowest BCUT2D eigenvalue weighted by Crippen LogP contribution is -2.47. The molecular weight excluding hydrogens is 472 g/mol. The van der Waals surface area contributed by atoms with Crippen LogP contribution in [0.2, 0.25) is 0 Å². The van der Waals surface area contributed by atoms with Gasteiger partial charge in [0.1, 0.15) is 23.6 Å². The molecule has 1 N–H and O–H groups in total. The van der Waals surface area contributed by atoms with Crippen LogP contribution in [0.25, 0.3) is 17.3 Å². The summed E-state index contributed by atoms with van der Waals surface area (Å²) in [5, 5.41) is 1.70. The second-order valence-corrected chi connectivity index (χ2v) is 9.70. The molecule has 3 atom stereocenters. The van der Waals surface area contributed by atoms with E-state index in [2.05, 4.69) is 22.3 Å². The van der Waals surface area contributed by atoms with Crippen molar-refractivity contribution in [3.05, 3.63) is 82.8 Å².